The number of β-amino-alcohol motifs (C(OH)–C–C–N with tert-alkyl or cyclic N) is 1. The Morgan fingerprint density at radius 1 is 1.26 bits per heavy atom. The molecular formula is C23H31ClFN3O3. The maximum Gasteiger partial charge on any atom is 0.246 e. The number of piperidine rings is 1. The largest absolute Gasteiger partial charge is 0.392 e. The molecule has 2 saturated heterocycles. The van der Waals surface area contributed by atoms with Gasteiger partial charge in [0.15, 0.2) is 0 Å². The zero-order valence-corrected chi connectivity index (χ0v) is 18.7. The monoisotopic (exact) mass is 451 g/mol. The van der Waals surface area contributed by atoms with Crippen LogP contribution in [0.15, 0.2) is 24.3 Å². The molecule has 2 fully saturated rings. The molecule has 1 N–H and O–H groups in total. The molecular weight excluding hydrogens is 421 g/mol. The zero-order valence-electron chi connectivity index (χ0n) is 18.0. The van der Waals surface area contributed by atoms with Gasteiger partial charge in [-0.05, 0) is 49.1 Å². The Balaban J connectivity index is 1.46. The van der Waals surface area contributed by atoms with Crippen LogP contribution in [-0.4, -0.2) is 83.5 Å². The van der Waals surface area contributed by atoms with Crippen molar-refractivity contribution < 1.29 is 19.1 Å². The molecule has 31 heavy (non-hydrogen) atoms. The minimum atomic E-state index is -0.498. The van der Waals surface area contributed by atoms with Gasteiger partial charge in [0.05, 0.1) is 11.1 Å². The number of halogens is 2. The fraction of sp³-hybridized carbons (Fsp3) is 0.565. The molecule has 0 saturated carbocycles. The number of likely N-dealkylation sites (tertiary alicyclic amines) is 1. The molecule has 0 spiro atoms. The summed E-state index contributed by atoms with van der Waals surface area (Å²) in [6, 6.07) is 4.29. The van der Waals surface area contributed by atoms with E-state index in [0.29, 0.717) is 50.6 Å². The van der Waals surface area contributed by atoms with Gasteiger partial charge in [-0.25, -0.2) is 4.39 Å². The van der Waals surface area contributed by atoms with Crippen molar-refractivity contribution in [3.8, 4) is 0 Å². The summed E-state index contributed by atoms with van der Waals surface area (Å²) in [6.45, 7) is 6.74. The molecule has 6 nitrogen and oxygen atoms in total. The first-order chi connectivity index (χ1) is 14.8. The predicted molar refractivity (Wildman–Crippen MR) is 119 cm³/mol. The van der Waals surface area contributed by atoms with Crippen molar-refractivity contribution in [2.75, 3.05) is 45.8 Å². The Hall–Kier alpha value is -1.96. The first-order valence-corrected chi connectivity index (χ1v) is 11.3. The second-order valence-corrected chi connectivity index (χ2v) is 8.98. The highest BCUT2D eigenvalue weighted by molar-refractivity contribution is 6.30. The van der Waals surface area contributed by atoms with E-state index in [-0.39, 0.29) is 22.9 Å². The van der Waals surface area contributed by atoms with Crippen molar-refractivity contribution in [2.24, 2.45) is 5.92 Å². The van der Waals surface area contributed by atoms with Crippen molar-refractivity contribution in [3.05, 3.63) is 40.7 Å². The third kappa shape index (κ3) is 7.02. The van der Waals surface area contributed by atoms with Crippen molar-refractivity contribution in [3.63, 3.8) is 0 Å². The maximum absolute atomic E-state index is 13.3. The van der Waals surface area contributed by atoms with Crippen LogP contribution in [0.25, 0.3) is 6.08 Å². The highest BCUT2D eigenvalue weighted by Gasteiger charge is 2.25. The van der Waals surface area contributed by atoms with E-state index in [0.717, 1.165) is 25.9 Å². The molecule has 0 radical (unpaired) electrons. The lowest BCUT2D eigenvalue weighted by atomic mass is 9.98. The highest BCUT2D eigenvalue weighted by atomic mass is 35.5. The molecule has 2 atom stereocenters. The molecule has 0 aromatic heterocycles. The van der Waals surface area contributed by atoms with Crippen LogP contribution in [0.4, 0.5) is 4.39 Å². The molecule has 1 aromatic rings. The first-order valence-electron chi connectivity index (χ1n) is 10.9. The van der Waals surface area contributed by atoms with Crippen LogP contribution < -0.4 is 0 Å². The third-order valence-electron chi connectivity index (χ3n) is 5.88. The van der Waals surface area contributed by atoms with Crippen molar-refractivity contribution in [2.45, 2.75) is 32.3 Å². The van der Waals surface area contributed by atoms with Gasteiger partial charge in [0.1, 0.15) is 5.82 Å². The van der Waals surface area contributed by atoms with Crippen LogP contribution in [0.2, 0.25) is 5.02 Å². The summed E-state index contributed by atoms with van der Waals surface area (Å²) >= 11 is 5.77. The average molecular weight is 452 g/mol. The van der Waals surface area contributed by atoms with Gasteiger partial charge in [0.25, 0.3) is 0 Å². The van der Waals surface area contributed by atoms with Gasteiger partial charge >= 0.3 is 0 Å². The van der Waals surface area contributed by atoms with Gasteiger partial charge in [0.2, 0.25) is 11.8 Å². The normalized spacial score (nSPS) is 23.4. The average Bonchev–Trinajstić information content (AvgIpc) is 2.90. The Kier molecular flexibility index (Phi) is 8.46. The number of aliphatic hydroxyl groups is 1. The molecule has 170 valence electrons. The molecule has 3 rings (SSSR count). The van der Waals surface area contributed by atoms with E-state index in [4.69, 9.17) is 11.6 Å². The number of benzene rings is 1. The fourth-order valence-corrected chi connectivity index (χ4v) is 4.50. The lowest BCUT2D eigenvalue weighted by Crippen LogP contribution is -2.43. The standard InChI is InChI=1S/C23H31ClFN3O3/c1-17-13-19(29)16-26(15-17)8-2-9-27-11-12-28(10-7-23(27)31)22(30)6-4-18-3-5-21(25)20(24)14-18/h3-6,14,17,19,29H,2,7-13,15-16H2,1H3/t17-,19+/m1/s1. The summed E-state index contributed by atoms with van der Waals surface area (Å²) in [5.41, 5.74) is 0.643. The van der Waals surface area contributed by atoms with Gasteiger partial charge < -0.3 is 19.8 Å². The number of carbonyl (C=O) groups excluding carboxylic acids is 2. The van der Waals surface area contributed by atoms with E-state index in [1.165, 1.54) is 18.2 Å². The Bertz CT molecular complexity index is 809. The molecule has 2 aliphatic rings. The second kappa shape index (κ2) is 11.1. The Morgan fingerprint density at radius 2 is 2.06 bits per heavy atom. The maximum atomic E-state index is 13.3. The number of amides is 2. The lowest BCUT2D eigenvalue weighted by molar-refractivity contribution is -0.130. The van der Waals surface area contributed by atoms with Crippen LogP contribution in [0.1, 0.15) is 31.7 Å². The minimum Gasteiger partial charge on any atom is -0.392 e. The SMILES string of the molecule is C[C@@H]1C[C@H](O)CN(CCCN2CCN(C(=O)C=Cc3ccc(F)c(Cl)c3)CCC2=O)C1. The lowest BCUT2D eigenvalue weighted by Gasteiger charge is -2.34. The fourth-order valence-electron chi connectivity index (χ4n) is 4.31. The first kappa shape index (κ1) is 23.7. The van der Waals surface area contributed by atoms with E-state index in [9.17, 15) is 19.1 Å². The van der Waals surface area contributed by atoms with Crippen molar-refractivity contribution >= 4 is 29.5 Å². The van der Waals surface area contributed by atoms with E-state index >= 15 is 0 Å². The molecule has 2 amide bonds. The van der Waals surface area contributed by atoms with Gasteiger partial charge in [-0.15, -0.1) is 0 Å². The predicted octanol–water partition coefficient (Wildman–Crippen LogP) is 2.65. The number of hydrogen-bond donors (Lipinski definition) is 1. The number of rotatable bonds is 6. The van der Waals surface area contributed by atoms with Gasteiger partial charge in [-0.3, -0.25) is 9.59 Å². The summed E-state index contributed by atoms with van der Waals surface area (Å²) < 4.78 is 13.3. The molecule has 0 unspecified atom stereocenters. The van der Waals surface area contributed by atoms with E-state index in [2.05, 4.69) is 11.8 Å². The van der Waals surface area contributed by atoms with Crippen LogP contribution in [0.3, 0.4) is 0 Å². The third-order valence-corrected chi connectivity index (χ3v) is 6.17. The quantitative estimate of drug-likeness (QED) is 0.675. The van der Waals surface area contributed by atoms with E-state index in [1.54, 1.807) is 17.0 Å². The smallest absolute Gasteiger partial charge is 0.246 e. The van der Waals surface area contributed by atoms with Gasteiger partial charge in [0, 0.05) is 51.8 Å². The molecule has 8 heteroatoms. The van der Waals surface area contributed by atoms with Gasteiger partial charge in [-0.1, -0.05) is 24.6 Å². The Labute approximate surface area is 188 Å². The van der Waals surface area contributed by atoms with E-state index < -0.39 is 5.82 Å². The van der Waals surface area contributed by atoms with E-state index in [1.807, 2.05) is 4.90 Å². The zero-order chi connectivity index (χ0) is 22.4. The second-order valence-electron chi connectivity index (χ2n) is 8.57. The minimum absolute atomic E-state index is 0.0131. The van der Waals surface area contributed by atoms with Crippen LogP contribution in [0.5, 0.6) is 0 Å². The molecule has 0 bridgehead atoms. The summed E-state index contributed by atoms with van der Waals surface area (Å²) in [4.78, 5) is 30.8. The topological polar surface area (TPSA) is 64.1 Å². The summed E-state index contributed by atoms with van der Waals surface area (Å²) in [5, 5.41) is 9.94. The number of nitrogens with zero attached hydrogens (tertiary/aromatic N) is 3. The number of carbonyl (C=O) groups is 2. The number of aliphatic hydroxyl groups excluding tert-OH is 1. The molecule has 1 aromatic carbocycles. The van der Waals surface area contributed by atoms with Crippen LogP contribution in [0, 0.1) is 11.7 Å². The molecule has 2 aliphatic heterocycles. The molecule has 0 aliphatic carbocycles. The summed E-state index contributed by atoms with van der Waals surface area (Å²) in [6.07, 6.45) is 4.79. The van der Waals surface area contributed by atoms with Crippen molar-refractivity contribution in [1.82, 2.24) is 14.7 Å². The highest BCUT2D eigenvalue weighted by Crippen LogP contribution is 2.18. The summed E-state index contributed by atoms with van der Waals surface area (Å²) in [5.74, 6) is -0.118. The van der Waals surface area contributed by atoms with Crippen LogP contribution in [-0.2, 0) is 9.59 Å². The van der Waals surface area contributed by atoms with Crippen LogP contribution >= 0.6 is 11.6 Å². The Morgan fingerprint density at radius 3 is 2.81 bits per heavy atom. The van der Waals surface area contributed by atoms with Crippen molar-refractivity contribution in [1.29, 1.82) is 0 Å². The van der Waals surface area contributed by atoms with Gasteiger partial charge in [-0.2, -0.15) is 0 Å². The number of hydrogen-bond acceptors (Lipinski definition) is 4. The molecule has 2 heterocycles. The summed E-state index contributed by atoms with van der Waals surface area (Å²) in [7, 11) is 0.